The molecule has 0 fully saturated rings. The van der Waals surface area contributed by atoms with Gasteiger partial charge < -0.3 is 10.6 Å². The van der Waals surface area contributed by atoms with Gasteiger partial charge >= 0.3 is 0 Å². The minimum absolute atomic E-state index is 0.00484. The molecule has 4 rings (SSSR count). The van der Waals surface area contributed by atoms with E-state index in [1.165, 1.54) is 11.3 Å². The fraction of sp³-hybridized carbons (Fsp3) is 0.150. The number of nitrogens with one attached hydrogen (secondary N) is 2. The van der Waals surface area contributed by atoms with Gasteiger partial charge in [0.15, 0.2) is 0 Å². The molecule has 0 saturated carbocycles. The lowest BCUT2D eigenvalue weighted by Crippen LogP contribution is -2.24. The molecule has 0 atom stereocenters. The number of aromatic nitrogens is 1. The summed E-state index contributed by atoms with van der Waals surface area (Å²) in [7, 11) is 0. The Labute approximate surface area is 165 Å². The predicted molar refractivity (Wildman–Crippen MR) is 107 cm³/mol. The Balaban J connectivity index is 1.35. The fourth-order valence-electron chi connectivity index (χ4n) is 2.96. The zero-order valence-electron chi connectivity index (χ0n) is 14.3. The van der Waals surface area contributed by atoms with Gasteiger partial charge in [0.1, 0.15) is 5.01 Å². The van der Waals surface area contributed by atoms with E-state index in [1.54, 1.807) is 0 Å². The molecule has 2 aromatic carbocycles. The molecule has 7 heteroatoms. The van der Waals surface area contributed by atoms with Gasteiger partial charge in [-0.05, 0) is 29.3 Å². The number of fused-ring (bicyclic) bond motifs is 1. The maximum Gasteiger partial charge on any atom is 0.228 e. The number of halogens is 1. The number of carbonyl (C=O) groups is 2. The highest BCUT2D eigenvalue weighted by molar-refractivity contribution is 7.13. The second kappa shape index (κ2) is 7.50. The van der Waals surface area contributed by atoms with Crippen molar-refractivity contribution in [3.63, 3.8) is 0 Å². The number of carbonyl (C=O) groups excluding carboxylic acids is 2. The van der Waals surface area contributed by atoms with Crippen LogP contribution in [-0.2, 0) is 29.0 Å². The van der Waals surface area contributed by atoms with Crippen molar-refractivity contribution < 1.29 is 9.59 Å². The van der Waals surface area contributed by atoms with Crippen LogP contribution in [0, 0.1) is 0 Å². The molecular formula is C20H16ClN3O2S. The maximum atomic E-state index is 12.2. The fourth-order valence-corrected chi connectivity index (χ4v) is 3.97. The minimum atomic E-state index is -0.0901. The van der Waals surface area contributed by atoms with Crippen molar-refractivity contribution in [1.82, 2.24) is 10.3 Å². The number of benzene rings is 2. The first-order valence-electron chi connectivity index (χ1n) is 8.45. The molecule has 27 heavy (non-hydrogen) atoms. The normalized spacial score (nSPS) is 12.6. The van der Waals surface area contributed by atoms with Crippen molar-refractivity contribution in [2.45, 2.75) is 19.4 Å². The summed E-state index contributed by atoms with van der Waals surface area (Å²) in [5.74, 6) is -0.0853. The highest BCUT2D eigenvalue weighted by Gasteiger charge is 2.17. The predicted octanol–water partition coefficient (Wildman–Crippen LogP) is 3.82. The topological polar surface area (TPSA) is 71.1 Å². The summed E-state index contributed by atoms with van der Waals surface area (Å²) >= 11 is 7.51. The maximum absolute atomic E-state index is 12.2. The molecule has 0 spiro atoms. The molecule has 136 valence electrons. The lowest BCUT2D eigenvalue weighted by Gasteiger charge is -2.06. The summed E-state index contributed by atoms with van der Waals surface area (Å²) in [6.07, 6.45) is 0.615. The van der Waals surface area contributed by atoms with Crippen molar-refractivity contribution in [3.05, 3.63) is 69.7 Å². The van der Waals surface area contributed by atoms with Gasteiger partial charge in [-0.1, -0.05) is 35.9 Å². The molecule has 0 aliphatic carbocycles. The smallest absolute Gasteiger partial charge is 0.228 e. The average molecular weight is 398 g/mol. The van der Waals surface area contributed by atoms with Gasteiger partial charge in [-0.3, -0.25) is 9.59 Å². The third-order valence-electron chi connectivity index (χ3n) is 4.25. The van der Waals surface area contributed by atoms with Gasteiger partial charge in [0.05, 0.1) is 18.5 Å². The van der Waals surface area contributed by atoms with Gasteiger partial charge in [-0.25, -0.2) is 4.98 Å². The molecule has 0 unspecified atom stereocenters. The van der Waals surface area contributed by atoms with Crippen molar-refractivity contribution in [1.29, 1.82) is 0 Å². The Bertz CT molecular complexity index is 1030. The summed E-state index contributed by atoms with van der Waals surface area (Å²) in [6, 6.07) is 13.2. The van der Waals surface area contributed by atoms with Crippen LogP contribution < -0.4 is 10.6 Å². The molecular weight excluding hydrogens is 382 g/mol. The first kappa shape index (κ1) is 17.7. The van der Waals surface area contributed by atoms with E-state index in [0.29, 0.717) is 18.0 Å². The summed E-state index contributed by atoms with van der Waals surface area (Å²) in [4.78, 5) is 28.2. The van der Waals surface area contributed by atoms with Crippen LogP contribution in [0.1, 0.15) is 16.8 Å². The van der Waals surface area contributed by atoms with Gasteiger partial charge in [0.25, 0.3) is 0 Å². The number of anilines is 1. The molecule has 1 aliphatic rings. The average Bonchev–Trinajstić information content (AvgIpc) is 3.25. The molecule has 2 N–H and O–H groups in total. The van der Waals surface area contributed by atoms with E-state index in [2.05, 4.69) is 15.6 Å². The van der Waals surface area contributed by atoms with Crippen molar-refractivity contribution in [2.24, 2.45) is 0 Å². The largest absolute Gasteiger partial charge is 0.352 e. The number of hydrogen-bond acceptors (Lipinski definition) is 4. The van der Waals surface area contributed by atoms with Crippen molar-refractivity contribution >= 4 is 40.4 Å². The third kappa shape index (κ3) is 4.18. The van der Waals surface area contributed by atoms with E-state index in [4.69, 9.17) is 11.6 Å². The zero-order chi connectivity index (χ0) is 18.8. The minimum Gasteiger partial charge on any atom is -0.352 e. The van der Waals surface area contributed by atoms with E-state index < -0.39 is 0 Å². The van der Waals surface area contributed by atoms with Crippen LogP contribution in [0.2, 0.25) is 5.02 Å². The Morgan fingerprint density at radius 1 is 1.26 bits per heavy atom. The van der Waals surface area contributed by atoms with Crippen LogP contribution in [0.3, 0.4) is 0 Å². The summed E-state index contributed by atoms with van der Waals surface area (Å²) in [6.45, 7) is 0.422. The standard InChI is InChI=1S/C20H16ClN3O2S/c21-15-3-1-2-13(7-15)20-23-16(11-27-20)9-18(25)22-10-12-4-5-17-14(6-12)8-19(26)24-17/h1-7,11H,8-10H2,(H,22,25)(H,24,26). The molecule has 5 nitrogen and oxygen atoms in total. The second-order valence-electron chi connectivity index (χ2n) is 6.32. The lowest BCUT2D eigenvalue weighted by atomic mass is 10.1. The Kier molecular flexibility index (Phi) is 4.92. The number of thiazole rings is 1. The Morgan fingerprint density at radius 3 is 3.00 bits per heavy atom. The summed E-state index contributed by atoms with van der Waals surface area (Å²) < 4.78 is 0. The molecule has 1 aliphatic heterocycles. The highest BCUT2D eigenvalue weighted by Crippen LogP contribution is 2.26. The number of nitrogens with zero attached hydrogens (tertiary/aromatic N) is 1. The SMILES string of the molecule is O=C(Cc1csc(-c2cccc(Cl)c2)n1)NCc1ccc2c(c1)CC(=O)N2. The second-order valence-corrected chi connectivity index (χ2v) is 7.62. The van der Waals surface area contributed by atoms with Crippen LogP contribution in [0.15, 0.2) is 47.8 Å². The highest BCUT2D eigenvalue weighted by atomic mass is 35.5. The molecule has 0 bridgehead atoms. The number of amides is 2. The third-order valence-corrected chi connectivity index (χ3v) is 5.42. The van der Waals surface area contributed by atoms with E-state index in [1.807, 2.05) is 47.8 Å². The first-order valence-corrected chi connectivity index (χ1v) is 9.71. The molecule has 2 heterocycles. The summed E-state index contributed by atoms with van der Waals surface area (Å²) in [5, 5.41) is 9.10. The van der Waals surface area contributed by atoms with E-state index in [-0.39, 0.29) is 18.2 Å². The van der Waals surface area contributed by atoms with E-state index in [0.717, 1.165) is 33.1 Å². The van der Waals surface area contributed by atoms with Crippen LogP contribution in [0.25, 0.3) is 10.6 Å². The van der Waals surface area contributed by atoms with Gasteiger partial charge in [0.2, 0.25) is 11.8 Å². The van der Waals surface area contributed by atoms with Crippen LogP contribution in [0.4, 0.5) is 5.69 Å². The monoisotopic (exact) mass is 397 g/mol. The van der Waals surface area contributed by atoms with Crippen molar-refractivity contribution in [3.8, 4) is 10.6 Å². The molecule has 1 aromatic heterocycles. The van der Waals surface area contributed by atoms with Gasteiger partial charge in [0, 0.05) is 28.2 Å². The van der Waals surface area contributed by atoms with Gasteiger partial charge in [-0.15, -0.1) is 11.3 Å². The van der Waals surface area contributed by atoms with Crippen molar-refractivity contribution in [2.75, 3.05) is 5.32 Å². The van der Waals surface area contributed by atoms with Crippen LogP contribution in [0.5, 0.6) is 0 Å². The van der Waals surface area contributed by atoms with Gasteiger partial charge in [-0.2, -0.15) is 0 Å². The lowest BCUT2D eigenvalue weighted by molar-refractivity contribution is -0.120. The number of hydrogen-bond donors (Lipinski definition) is 2. The van der Waals surface area contributed by atoms with Crippen LogP contribution >= 0.6 is 22.9 Å². The molecule has 2 amide bonds. The van der Waals surface area contributed by atoms with E-state index >= 15 is 0 Å². The summed E-state index contributed by atoms with van der Waals surface area (Å²) in [5.41, 5.74) is 4.47. The molecule has 3 aromatic rings. The quantitative estimate of drug-likeness (QED) is 0.687. The van der Waals surface area contributed by atoms with E-state index in [9.17, 15) is 9.59 Å². The number of rotatable bonds is 5. The first-order chi connectivity index (χ1) is 13.1. The zero-order valence-corrected chi connectivity index (χ0v) is 15.9. The Hall–Kier alpha value is -2.70. The van der Waals surface area contributed by atoms with Crippen LogP contribution in [-0.4, -0.2) is 16.8 Å². The Morgan fingerprint density at radius 2 is 2.15 bits per heavy atom. The molecule has 0 radical (unpaired) electrons. The molecule has 0 saturated heterocycles.